The second-order valence-electron chi connectivity index (χ2n) is 1.34. The second kappa shape index (κ2) is 4.67. The van der Waals surface area contributed by atoms with Gasteiger partial charge in [-0.3, -0.25) is 4.94 Å². The Morgan fingerprint density at radius 3 is 2.67 bits per heavy atom. The number of carbonyl (C=O) groups excluding carboxylic acids is 1. The minimum atomic E-state index is -1.85. The monoisotopic (exact) mass is 202 g/mol. The number of hydrogen-bond donors (Lipinski definition) is 0. The van der Waals surface area contributed by atoms with Crippen molar-refractivity contribution in [2.75, 3.05) is 5.33 Å². The summed E-state index contributed by atoms with van der Waals surface area (Å²) >= 11 is 2.88. The molecule has 2 nitrogen and oxygen atoms in total. The molecule has 0 amide bonds. The zero-order valence-electron chi connectivity index (χ0n) is 4.44. The van der Waals surface area contributed by atoms with Gasteiger partial charge in [-0.1, -0.05) is 15.9 Å². The third-order valence-electron chi connectivity index (χ3n) is 0.694. The zero-order valence-corrected chi connectivity index (χ0v) is 6.03. The van der Waals surface area contributed by atoms with Gasteiger partial charge in [0.1, 0.15) is 0 Å². The average molecular weight is 203 g/mol. The number of hydrogen-bond acceptors (Lipinski definition) is 2. The Labute approximate surface area is 59.2 Å². The normalized spacial score (nSPS) is 12.8. The molecule has 0 aliphatic carbocycles. The zero-order chi connectivity index (χ0) is 7.28. The van der Waals surface area contributed by atoms with Gasteiger partial charge in [0.15, 0.2) is 0 Å². The Morgan fingerprint density at radius 1 is 1.78 bits per heavy atom. The highest BCUT2D eigenvalue weighted by Crippen LogP contribution is 2.02. The van der Waals surface area contributed by atoms with Crippen molar-refractivity contribution in [2.24, 2.45) is 0 Å². The molecule has 0 heterocycles. The highest BCUT2D eigenvalue weighted by molar-refractivity contribution is 9.09. The molecule has 5 heteroatoms. The van der Waals surface area contributed by atoms with Gasteiger partial charge in [0.25, 0.3) is 0 Å². The molecule has 0 rings (SSSR count). The van der Waals surface area contributed by atoms with Crippen LogP contribution in [-0.4, -0.2) is 17.5 Å². The summed E-state index contributed by atoms with van der Waals surface area (Å²) in [6, 6.07) is 0. The van der Waals surface area contributed by atoms with E-state index >= 15 is 0 Å². The average Bonchev–Trinajstić information content (AvgIpc) is 1.87. The predicted molar refractivity (Wildman–Crippen MR) is 30.5 cm³/mol. The number of alkyl halides is 2. The number of carbonyl (C=O) groups is 1. The molecule has 54 valence electrons. The summed E-state index contributed by atoms with van der Waals surface area (Å²) in [6.07, 6.45) is -1.92. The first-order valence-corrected chi connectivity index (χ1v) is 3.37. The lowest BCUT2D eigenvalue weighted by molar-refractivity contribution is -0.189. The van der Waals surface area contributed by atoms with Crippen molar-refractivity contribution >= 4 is 21.9 Å². The standard InChI is InChI=1S/C4H5BrF2O2/c5-2-1-3(6)4(8)9-7/h3H,1-2H2. The van der Waals surface area contributed by atoms with E-state index in [4.69, 9.17) is 0 Å². The van der Waals surface area contributed by atoms with Crippen LogP contribution in [0.3, 0.4) is 0 Å². The predicted octanol–water partition coefficient (Wildman–Crippen LogP) is 1.54. The summed E-state index contributed by atoms with van der Waals surface area (Å²) in [5, 5.41) is 0.309. The van der Waals surface area contributed by atoms with Crippen LogP contribution < -0.4 is 0 Å². The van der Waals surface area contributed by atoms with Gasteiger partial charge in [0, 0.05) is 9.86 Å². The van der Waals surface area contributed by atoms with Gasteiger partial charge in [-0.2, -0.15) is 0 Å². The molecule has 0 spiro atoms. The van der Waals surface area contributed by atoms with Crippen LogP contribution in [0.2, 0.25) is 0 Å². The quantitative estimate of drug-likeness (QED) is 0.650. The Hall–Kier alpha value is -0.190. The SMILES string of the molecule is O=C(OF)C(F)CCBr. The van der Waals surface area contributed by atoms with E-state index in [0.29, 0.717) is 5.33 Å². The summed E-state index contributed by atoms with van der Waals surface area (Å²) < 4.78 is 22.9. The van der Waals surface area contributed by atoms with Crippen molar-refractivity contribution in [3.05, 3.63) is 0 Å². The lowest BCUT2D eigenvalue weighted by Crippen LogP contribution is -2.15. The maximum Gasteiger partial charge on any atom is 0.382 e. The first-order valence-electron chi connectivity index (χ1n) is 2.24. The molecule has 0 aromatic heterocycles. The van der Waals surface area contributed by atoms with E-state index in [1.54, 1.807) is 0 Å². The molecule has 0 bridgehead atoms. The molecule has 0 fully saturated rings. The van der Waals surface area contributed by atoms with Crippen molar-refractivity contribution in [1.29, 1.82) is 0 Å². The molecule has 1 atom stereocenters. The summed E-state index contributed by atoms with van der Waals surface area (Å²) in [5.74, 6) is -1.46. The largest absolute Gasteiger partial charge is 0.382 e. The Morgan fingerprint density at radius 2 is 2.33 bits per heavy atom. The number of halogens is 3. The summed E-state index contributed by atoms with van der Waals surface area (Å²) in [7, 11) is 0. The minimum Gasteiger partial charge on any atom is -0.252 e. The fraction of sp³-hybridized carbons (Fsp3) is 0.750. The Balaban J connectivity index is 3.45. The topological polar surface area (TPSA) is 26.3 Å². The van der Waals surface area contributed by atoms with E-state index in [0.717, 1.165) is 0 Å². The third kappa shape index (κ3) is 3.40. The Kier molecular flexibility index (Phi) is 4.57. The maximum absolute atomic E-state index is 12.1. The van der Waals surface area contributed by atoms with Crippen LogP contribution in [0.4, 0.5) is 8.92 Å². The van der Waals surface area contributed by atoms with Crippen molar-refractivity contribution in [2.45, 2.75) is 12.6 Å². The fourth-order valence-corrected chi connectivity index (χ4v) is 0.664. The van der Waals surface area contributed by atoms with Crippen LogP contribution in [0, 0.1) is 0 Å². The van der Waals surface area contributed by atoms with Crippen molar-refractivity contribution in [3.8, 4) is 0 Å². The molecule has 0 saturated carbocycles. The molecule has 9 heavy (non-hydrogen) atoms. The highest BCUT2D eigenvalue weighted by Gasteiger charge is 2.18. The molecule has 0 aromatic rings. The summed E-state index contributed by atoms with van der Waals surface area (Å²) in [5.41, 5.74) is 0. The fourth-order valence-electron chi connectivity index (χ4n) is 0.262. The van der Waals surface area contributed by atoms with Gasteiger partial charge in [-0.05, 0) is 6.42 Å². The van der Waals surface area contributed by atoms with Gasteiger partial charge >= 0.3 is 5.97 Å². The lowest BCUT2D eigenvalue weighted by Gasteiger charge is -1.97. The van der Waals surface area contributed by atoms with E-state index < -0.39 is 12.1 Å². The first-order chi connectivity index (χ1) is 4.22. The molecule has 1 unspecified atom stereocenters. The number of rotatable bonds is 3. The van der Waals surface area contributed by atoms with E-state index in [2.05, 4.69) is 20.9 Å². The van der Waals surface area contributed by atoms with Crippen molar-refractivity contribution < 1.29 is 18.7 Å². The van der Waals surface area contributed by atoms with Crippen molar-refractivity contribution in [1.82, 2.24) is 0 Å². The first kappa shape index (κ1) is 8.81. The summed E-state index contributed by atoms with van der Waals surface area (Å²) in [6.45, 7) is 0. The lowest BCUT2D eigenvalue weighted by atomic mass is 10.3. The van der Waals surface area contributed by atoms with E-state index in [-0.39, 0.29) is 6.42 Å². The third-order valence-corrected chi connectivity index (χ3v) is 1.15. The van der Waals surface area contributed by atoms with Gasteiger partial charge in [-0.25, -0.2) is 9.18 Å². The molecular weight excluding hydrogens is 198 g/mol. The van der Waals surface area contributed by atoms with E-state index in [1.165, 1.54) is 0 Å². The molecule has 0 aliphatic heterocycles. The van der Waals surface area contributed by atoms with Crippen molar-refractivity contribution in [3.63, 3.8) is 0 Å². The molecule has 0 radical (unpaired) electrons. The Bertz CT molecular complexity index is 98.6. The van der Waals surface area contributed by atoms with Crippen LogP contribution in [0.1, 0.15) is 6.42 Å². The van der Waals surface area contributed by atoms with Crippen LogP contribution in [-0.2, 0) is 9.74 Å². The molecule has 0 saturated heterocycles. The highest BCUT2D eigenvalue weighted by atomic mass is 79.9. The molecule has 0 aromatic carbocycles. The van der Waals surface area contributed by atoms with Crippen LogP contribution in [0.15, 0.2) is 0 Å². The van der Waals surface area contributed by atoms with E-state index in [9.17, 15) is 13.7 Å². The molecule has 0 aliphatic rings. The van der Waals surface area contributed by atoms with Crippen LogP contribution in [0.25, 0.3) is 0 Å². The van der Waals surface area contributed by atoms with E-state index in [1.807, 2.05) is 0 Å². The van der Waals surface area contributed by atoms with Crippen LogP contribution >= 0.6 is 15.9 Å². The second-order valence-corrected chi connectivity index (χ2v) is 2.13. The maximum atomic E-state index is 12.1. The van der Waals surface area contributed by atoms with Gasteiger partial charge < -0.3 is 0 Å². The molecule has 0 N–H and O–H groups in total. The van der Waals surface area contributed by atoms with Gasteiger partial charge in [0.2, 0.25) is 6.17 Å². The van der Waals surface area contributed by atoms with Gasteiger partial charge in [-0.15, -0.1) is 0 Å². The minimum absolute atomic E-state index is 0.0667. The summed E-state index contributed by atoms with van der Waals surface area (Å²) in [4.78, 5) is 12.5. The van der Waals surface area contributed by atoms with Gasteiger partial charge in [0.05, 0.1) is 0 Å². The smallest absolute Gasteiger partial charge is 0.252 e. The molecular formula is C4H5BrF2O2. The van der Waals surface area contributed by atoms with Crippen LogP contribution in [0.5, 0.6) is 0 Å².